The molecule has 0 spiro atoms. The Bertz CT molecular complexity index is 2020. The van der Waals surface area contributed by atoms with Gasteiger partial charge >= 0.3 is 12.1 Å². The van der Waals surface area contributed by atoms with E-state index < -0.39 is 92.4 Å². The van der Waals surface area contributed by atoms with E-state index in [1.54, 1.807) is 19.1 Å². The SMILES string of the molecule is CCOc1cnc(O[C@@H]2C[C@H]3C(=O)C[C@]4(C(=O)NS(=O)(=O)C5CC5)C[C@H]4/C=C\CC[C@@H](C)C[C@@H](C)[C@H](CC(=O)OC(C)(C)C(F)(F)F)C(=O)N3C2)c2ccccc12. The van der Waals surface area contributed by atoms with E-state index in [2.05, 4.69) is 9.71 Å². The Morgan fingerprint density at radius 2 is 1.75 bits per heavy atom. The minimum absolute atomic E-state index is 0.0184. The third kappa shape index (κ3) is 9.25. The van der Waals surface area contributed by atoms with Gasteiger partial charge in [-0.05, 0) is 83.1 Å². The predicted octanol–water partition coefficient (Wildman–Crippen LogP) is 6.46. The van der Waals surface area contributed by atoms with Crippen LogP contribution in [0, 0.1) is 29.1 Å². The van der Waals surface area contributed by atoms with E-state index in [1.807, 2.05) is 38.1 Å². The zero-order chi connectivity index (χ0) is 41.5. The van der Waals surface area contributed by atoms with Gasteiger partial charge in [-0.1, -0.05) is 44.2 Å². The lowest BCUT2D eigenvalue weighted by atomic mass is 9.82. The zero-order valence-electron chi connectivity index (χ0n) is 33.0. The number of allylic oxidation sites excluding steroid dienone is 2. The van der Waals surface area contributed by atoms with Crippen molar-refractivity contribution in [1.29, 1.82) is 0 Å². The van der Waals surface area contributed by atoms with Crippen LogP contribution >= 0.6 is 0 Å². The van der Waals surface area contributed by atoms with Crippen molar-refractivity contribution in [2.75, 3.05) is 13.2 Å². The minimum atomic E-state index is -4.86. The number of rotatable bonds is 10. The first kappa shape index (κ1) is 42.4. The molecular formula is C41H52F3N3O9S. The molecule has 1 aromatic heterocycles. The summed E-state index contributed by atoms with van der Waals surface area (Å²) in [5.74, 6) is -4.36. The molecular weight excluding hydrogens is 768 g/mol. The predicted molar refractivity (Wildman–Crippen MR) is 203 cm³/mol. The van der Waals surface area contributed by atoms with Crippen LogP contribution in [-0.4, -0.2) is 84.2 Å². The number of sulfonamides is 1. The van der Waals surface area contributed by atoms with Crippen LogP contribution in [0.1, 0.15) is 92.4 Å². The van der Waals surface area contributed by atoms with Crippen LogP contribution in [0.4, 0.5) is 13.2 Å². The number of hydrogen-bond donors (Lipinski definition) is 1. The third-order valence-corrected chi connectivity index (χ3v) is 13.7. The molecule has 3 fully saturated rings. The number of carbonyl (C=O) groups is 4. The monoisotopic (exact) mass is 819 g/mol. The van der Waals surface area contributed by atoms with Gasteiger partial charge in [0.25, 0.3) is 0 Å². The lowest BCUT2D eigenvalue weighted by Gasteiger charge is -2.33. The molecule has 6 rings (SSSR count). The van der Waals surface area contributed by atoms with Crippen molar-refractivity contribution >= 4 is 44.4 Å². The van der Waals surface area contributed by atoms with Crippen LogP contribution in [0.25, 0.3) is 10.8 Å². The maximum absolute atomic E-state index is 14.8. The van der Waals surface area contributed by atoms with E-state index >= 15 is 0 Å². The van der Waals surface area contributed by atoms with Crippen LogP contribution in [0.5, 0.6) is 11.6 Å². The first-order valence-electron chi connectivity index (χ1n) is 19.8. The number of fused-ring (bicyclic) bond motifs is 3. The summed E-state index contributed by atoms with van der Waals surface area (Å²) >= 11 is 0. The summed E-state index contributed by atoms with van der Waals surface area (Å²) in [6.45, 7) is 7.35. The Labute approximate surface area is 331 Å². The van der Waals surface area contributed by atoms with Crippen molar-refractivity contribution in [3.05, 3.63) is 42.6 Å². The van der Waals surface area contributed by atoms with Gasteiger partial charge in [-0.15, -0.1) is 0 Å². The van der Waals surface area contributed by atoms with Gasteiger partial charge in [-0.25, -0.2) is 13.4 Å². The maximum Gasteiger partial charge on any atom is 0.427 e. The molecule has 2 saturated carbocycles. The highest BCUT2D eigenvalue weighted by Gasteiger charge is 2.62. The number of hydrogen-bond acceptors (Lipinski definition) is 10. The highest BCUT2D eigenvalue weighted by atomic mass is 32.2. The number of ether oxygens (including phenoxy) is 3. The van der Waals surface area contributed by atoms with E-state index in [-0.39, 0.29) is 37.6 Å². The van der Waals surface area contributed by atoms with Gasteiger partial charge in [0.05, 0.1) is 48.4 Å². The summed E-state index contributed by atoms with van der Waals surface area (Å²) in [5.41, 5.74) is -4.17. The van der Waals surface area contributed by atoms with Gasteiger partial charge in [-0.2, -0.15) is 13.2 Å². The highest BCUT2D eigenvalue weighted by Crippen LogP contribution is 2.57. The molecule has 4 aliphatic rings. The Kier molecular flexibility index (Phi) is 12.1. The molecule has 2 amide bonds. The van der Waals surface area contributed by atoms with E-state index in [4.69, 9.17) is 14.2 Å². The Hall–Kier alpha value is -4.21. The average Bonchev–Trinajstić information content (AvgIpc) is 4.06. The number of ketones is 1. The molecule has 1 saturated heterocycles. The number of benzene rings is 1. The number of nitrogens with one attached hydrogen (secondary N) is 1. The lowest BCUT2D eigenvalue weighted by Crippen LogP contribution is -2.48. The van der Waals surface area contributed by atoms with Crippen molar-refractivity contribution in [2.45, 2.75) is 122 Å². The summed E-state index contributed by atoms with van der Waals surface area (Å²) < 4.78 is 86.4. The van der Waals surface area contributed by atoms with E-state index in [1.165, 1.54) is 11.1 Å². The van der Waals surface area contributed by atoms with Gasteiger partial charge in [0.2, 0.25) is 33.3 Å². The third-order valence-electron chi connectivity index (χ3n) is 11.9. The molecule has 0 radical (unpaired) electrons. The summed E-state index contributed by atoms with van der Waals surface area (Å²) in [6.07, 6.45) is 1.43. The van der Waals surface area contributed by atoms with Crippen molar-refractivity contribution in [1.82, 2.24) is 14.6 Å². The van der Waals surface area contributed by atoms with E-state index in [0.717, 1.165) is 19.2 Å². The Balaban J connectivity index is 1.35. The molecule has 3 heterocycles. The molecule has 0 bridgehead atoms. The summed E-state index contributed by atoms with van der Waals surface area (Å²) in [7, 11) is -3.93. The van der Waals surface area contributed by atoms with Crippen molar-refractivity contribution in [3.63, 3.8) is 0 Å². The smallest absolute Gasteiger partial charge is 0.427 e. The lowest BCUT2D eigenvalue weighted by molar-refractivity contribution is -0.257. The van der Waals surface area contributed by atoms with E-state index in [9.17, 15) is 40.8 Å². The largest absolute Gasteiger partial charge is 0.492 e. The molecule has 2 aliphatic heterocycles. The van der Waals surface area contributed by atoms with Crippen LogP contribution in [0.3, 0.4) is 0 Å². The number of esters is 1. The second kappa shape index (κ2) is 16.2. The first-order valence-corrected chi connectivity index (χ1v) is 21.3. The fourth-order valence-corrected chi connectivity index (χ4v) is 9.60. The second-order valence-corrected chi connectivity index (χ2v) is 18.8. The topological polar surface area (TPSA) is 158 Å². The normalized spacial score (nSPS) is 29.4. The summed E-state index contributed by atoms with van der Waals surface area (Å²) in [5, 5.41) is 0.696. The molecule has 312 valence electrons. The van der Waals surface area contributed by atoms with Gasteiger partial charge in [-0.3, -0.25) is 23.9 Å². The highest BCUT2D eigenvalue weighted by molar-refractivity contribution is 7.90. The second-order valence-electron chi connectivity index (χ2n) is 16.8. The Morgan fingerprint density at radius 3 is 2.42 bits per heavy atom. The molecule has 1 aromatic carbocycles. The van der Waals surface area contributed by atoms with Crippen molar-refractivity contribution < 1.29 is 55.0 Å². The van der Waals surface area contributed by atoms with Gasteiger partial charge in [0, 0.05) is 23.6 Å². The molecule has 16 heteroatoms. The molecule has 7 atom stereocenters. The number of amides is 2. The maximum atomic E-state index is 14.8. The molecule has 2 aliphatic carbocycles. The quantitative estimate of drug-likeness (QED) is 0.209. The molecule has 1 N–H and O–H groups in total. The standard InChI is InChI=1S/C41H52F3N3O9S/c1-6-54-34-22-45-36(30-14-10-9-13-29(30)34)55-27-18-32-33(48)21-40(38(51)46-57(52,53)28-15-16-28)20-26(40)12-8-7-11-24(2)17-25(3)31(37(50)47(32)23-27)19-35(49)56-39(4,5)41(42,43)44/h8-10,12-14,22,24-28,31-32H,6-7,11,15-21,23H2,1-5H3,(H,46,51)/b12-8-/t24-,25-,26-,27-,31+,32+,40-/m1/s1. The number of alkyl halides is 3. The number of Topliss-reactive ketones (excluding diaryl/α,β-unsaturated/α-hetero) is 1. The summed E-state index contributed by atoms with van der Waals surface area (Å²) in [6, 6.07) is 6.13. The van der Waals surface area contributed by atoms with Crippen molar-refractivity contribution in [3.8, 4) is 11.6 Å². The molecule has 12 nitrogen and oxygen atoms in total. The number of pyridine rings is 1. The summed E-state index contributed by atoms with van der Waals surface area (Å²) in [4.78, 5) is 62.3. The number of halogens is 3. The Morgan fingerprint density at radius 1 is 1.05 bits per heavy atom. The minimum Gasteiger partial charge on any atom is -0.492 e. The number of carbonyl (C=O) groups excluding carboxylic acids is 4. The first-order chi connectivity index (χ1) is 26.8. The number of aromatic nitrogens is 1. The molecule has 57 heavy (non-hydrogen) atoms. The van der Waals surface area contributed by atoms with Crippen LogP contribution in [0.2, 0.25) is 0 Å². The average molecular weight is 820 g/mol. The van der Waals surface area contributed by atoms with Crippen LogP contribution in [-0.2, 0) is 33.9 Å². The molecule has 2 aromatic rings. The fraction of sp³-hybridized carbons (Fsp3) is 0.634. The van der Waals surface area contributed by atoms with Crippen LogP contribution < -0.4 is 14.2 Å². The zero-order valence-corrected chi connectivity index (χ0v) is 33.8. The van der Waals surface area contributed by atoms with Gasteiger partial charge in [0.1, 0.15) is 11.9 Å². The fourth-order valence-electron chi connectivity index (χ4n) is 8.21. The van der Waals surface area contributed by atoms with Gasteiger partial charge < -0.3 is 19.1 Å². The van der Waals surface area contributed by atoms with Crippen LogP contribution in [0.15, 0.2) is 42.6 Å². The van der Waals surface area contributed by atoms with Gasteiger partial charge in [0.15, 0.2) is 5.78 Å². The number of nitrogens with zero attached hydrogens (tertiary/aromatic N) is 2. The van der Waals surface area contributed by atoms with Crippen molar-refractivity contribution in [2.24, 2.45) is 29.1 Å². The molecule has 0 unspecified atom stereocenters. The van der Waals surface area contributed by atoms with E-state index in [0.29, 0.717) is 49.8 Å².